The average Bonchev–Trinajstić information content (AvgIpc) is 2.71. The highest BCUT2D eigenvalue weighted by atomic mass is 19.1. The summed E-state index contributed by atoms with van der Waals surface area (Å²) in [5.74, 6) is 4.35. The standard InChI is InChI=1S/C25H36F2/c1-3-17-4-5-22-13-21(11-10-20(22)12-17)18-6-8-19(9-7-18)23-14-24(26)16(2)25(27)15-23/h14-15,17-22H,3-13H2,1-2H3. The van der Waals surface area contributed by atoms with Gasteiger partial charge < -0.3 is 0 Å². The highest BCUT2D eigenvalue weighted by Gasteiger charge is 2.38. The molecule has 0 aromatic heterocycles. The Morgan fingerprint density at radius 2 is 1.26 bits per heavy atom. The molecule has 0 saturated heterocycles. The Labute approximate surface area is 164 Å². The van der Waals surface area contributed by atoms with Crippen LogP contribution in [0.3, 0.4) is 0 Å². The van der Waals surface area contributed by atoms with Crippen LogP contribution in [0.25, 0.3) is 0 Å². The van der Waals surface area contributed by atoms with Crippen molar-refractivity contribution in [1.29, 1.82) is 0 Å². The van der Waals surface area contributed by atoms with Crippen molar-refractivity contribution in [3.8, 4) is 0 Å². The molecule has 3 aliphatic rings. The molecular formula is C25H36F2. The van der Waals surface area contributed by atoms with Crippen LogP contribution < -0.4 is 0 Å². The topological polar surface area (TPSA) is 0 Å². The van der Waals surface area contributed by atoms with Gasteiger partial charge >= 0.3 is 0 Å². The summed E-state index contributed by atoms with van der Waals surface area (Å²) in [5, 5.41) is 0. The molecule has 1 aromatic rings. The van der Waals surface area contributed by atoms with E-state index in [0.717, 1.165) is 48.0 Å². The minimum Gasteiger partial charge on any atom is -0.207 e. The van der Waals surface area contributed by atoms with Crippen LogP contribution in [0, 0.1) is 48.1 Å². The Hall–Kier alpha value is -0.920. The largest absolute Gasteiger partial charge is 0.207 e. The maximum Gasteiger partial charge on any atom is 0.129 e. The zero-order valence-electron chi connectivity index (χ0n) is 17.2. The van der Waals surface area contributed by atoms with Crippen LogP contribution in [0.15, 0.2) is 12.1 Å². The lowest BCUT2D eigenvalue weighted by Crippen LogP contribution is -2.34. The van der Waals surface area contributed by atoms with Crippen molar-refractivity contribution in [2.45, 2.75) is 90.4 Å². The van der Waals surface area contributed by atoms with Crippen molar-refractivity contribution in [3.63, 3.8) is 0 Å². The van der Waals surface area contributed by atoms with E-state index in [4.69, 9.17) is 0 Å². The lowest BCUT2D eigenvalue weighted by molar-refractivity contribution is 0.0629. The fraction of sp³-hybridized carbons (Fsp3) is 0.760. The number of rotatable bonds is 3. The fourth-order valence-electron chi connectivity index (χ4n) is 6.65. The number of fused-ring (bicyclic) bond motifs is 1. The van der Waals surface area contributed by atoms with E-state index >= 15 is 0 Å². The number of hydrogen-bond donors (Lipinski definition) is 0. The molecule has 3 fully saturated rings. The Morgan fingerprint density at radius 3 is 1.89 bits per heavy atom. The maximum absolute atomic E-state index is 13.9. The van der Waals surface area contributed by atoms with E-state index in [9.17, 15) is 8.78 Å². The third-order valence-electron chi connectivity index (χ3n) is 8.55. The lowest BCUT2D eigenvalue weighted by atomic mass is 9.60. The van der Waals surface area contributed by atoms with Gasteiger partial charge in [0.05, 0.1) is 0 Å². The molecule has 0 bridgehead atoms. The number of benzene rings is 1. The zero-order chi connectivity index (χ0) is 19.0. The minimum absolute atomic E-state index is 0.155. The molecule has 0 N–H and O–H groups in total. The van der Waals surface area contributed by atoms with E-state index in [1.165, 1.54) is 64.7 Å². The molecule has 150 valence electrons. The van der Waals surface area contributed by atoms with E-state index in [1.807, 2.05) is 0 Å². The Bertz CT molecular complexity index is 621. The second-order valence-corrected chi connectivity index (χ2v) is 9.90. The molecular weight excluding hydrogens is 338 g/mol. The lowest BCUT2D eigenvalue weighted by Gasteiger charge is -2.45. The third kappa shape index (κ3) is 4.10. The first-order chi connectivity index (χ1) is 13.0. The van der Waals surface area contributed by atoms with Gasteiger partial charge in [0.25, 0.3) is 0 Å². The van der Waals surface area contributed by atoms with E-state index in [-0.39, 0.29) is 17.2 Å². The van der Waals surface area contributed by atoms with E-state index in [0.29, 0.717) is 5.92 Å². The van der Waals surface area contributed by atoms with Gasteiger partial charge in [-0.3, -0.25) is 0 Å². The van der Waals surface area contributed by atoms with Crippen LogP contribution >= 0.6 is 0 Å². The van der Waals surface area contributed by atoms with Crippen molar-refractivity contribution in [3.05, 3.63) is 34.9 Å². The Morgan fingerprint density at radius 1 is 0.741 bits per heavy atom. The van der Waals surface area contributed by atoms with Gasteiger partial charge in [0.1, 0.15) is 11.6 Å². The molecule has 0 amide bonds. The Kier molecular flexibility index (Phi) is 5.90. The summed E-state index contributed by atoms with van der Waals surface area (Å²) >= 11 is 0. The predicted molar refractivity (Wildman–Crippen MR) is 108 cm³/mol. The Balaban J connectivity index is 1.32. The molecule has 3 aliphatic carbocycles. The third-order valence-corrected chi connectivity index (χ3v) is 8.55. The summed E-state index contributed by atoms with van der Waals surface area (Å²) in [5.41, 5.74) is 1.04. The van der Waals surface area contributed by atoms with Crippen LogP contribution in [0.5, 0.6) is 0 Å². The maximum atomic E-state index is 13.9. The second kappa shape index (κ2) is 8.21. The molecule has 4 unspecified atom stereocenters. The fourth-order valence-corrected chi connectivity index (χ4v) is 6.65. The molecule has 0 aliphatic heterocycles. The van der Waals surface area contributed by atoms with Crippen molar-refractivity contribution in [2.75, 3.05) is 0 Å². The first-order valence-electron chi connectivity index (χ1n) is 11.5. The van der Waals surface area contributed by atoms with Crippen LogP contribution in [-0.2, 0) is 0 Å². The molecule has 0 heterocycles. The monoisotopic (exact) mass is 374 g/mol. The summed E-state index contributed by atoms with van der Waals surface area (Å²) in [6, 6.07) is 3.17. The smallest absolute Gasteiger partial charge is 0.129 e. The molecule has 27 heavy (non-hydrogen) atoms. The van der Waals surface area contributed by atoms with Gasteiger partial charge in [-0.1, -0.05) is 19.8 Å². The molecule has 3 saturated carbocycles. The van der Waals surface area contributed by atoms with E-state index in [2.05, 4.69) is 6.92 Å². The minimum atomic E-state index is -0.381. The summed E-state index contributed by atoms with van der Waals surface area (Å²) in [4.78, 5) is 0. The van der Waals surface area contributed by atoms with Crippen LogP contribution in [0.2, 0.25) is 0 Å². The van der Waals surface area contributed by atoms with Crippen molar-refractivity contribution >= 4 is 0 Å². The van der Waals surface area contributed by atoms with E-state index < -0.39 is 0 Å². The normalized spacial score (nSPS) is 37.0. The highest BCUT2D eigenvalue weighted by Crippen LogP contribution is 2.50. The molecule has 2 heteroatoms. The second-order valence-electron chi connectivity index (χ2n) is 9.90. The zero-order valence-corrected chi connectivity index (χ0v) is 17.2. The molecule has 4 atom stereocenters. The van der Waals surface area contributed by atoms with Gasteiger partial charge in [0.15, 0.2) is 0 Å². The van der Waals surface area contributed by atoms with Crippen molar-refractivity contribution in [2.24, 2.45) is 29.6 Å². The summed E-state index contributed by atoms with van der Waals surface area (Å²) < 4.78 is 27.9. The SMILES string of the molecule is CCC1CCC2CC(C3CCC(c4cc(F)c(C)c(F)c4)CC3)CCC2C1. The van der Waals surface area contributed by atoms with Gasteiger partial charge in [-0.25, -0.2) is 8.78 Å². The average molecular weight is 375 g/mol. The predicted octanol–water partition coefficient (Wildman–Crippen LogP) is 7.79. The number of halogens is 2. The molecule has 0 radical (unpaired) electrons. The number of hydrogen-bond acceptors (Lipinski definition) is 0. The summed E-state index contributed by atoms with van der Waals surface area (Å²) in [7, 11) is 0. The molecule has 4 rings (SSSR count). The van der Waals surface area contributed by atoms with Gasteiger partial charge in [0.2, 0.25) is 0 Å². The van der Waals surface area contributed by atoms with Crippen molar-refractivity contribution < 1.29 is 8.78 Å². The van der Waals surface area contributed by atoms with Crippen LogP contribution in [0.4, 0.5) is 8.78 Å². The molecule has 1 aromatic carbocycles. The summed E-state index contributed by atoms with van der Waals surface area (Å²) in [6.45, 7) is 3.89. The van der Waals surface area contributed by atoms with Gasteiger partial charge in [-0.15, -0.1) is 0 Å². The molecule has 0 nitrogen and oxygen atoms in total. The van der Waals surface area contributed by atoms with E-state index in [1.54, 1.807) is 12.1 Å². The van der Waals surface area contributed by atoms with Crippen LogP contribution in [-0.4, -0.2) is 0 Å². The summed E-state index contributed by atoms with van der Waals surface area (Å²) in [6.07, 6.45) is 14.9. The highest BCUT2D eigenvalue weighted by molar-refractivity contribution is 5.28. The van der Waals surface area contributed by atoms with Crippen molar-refractivity contribution in [1.82, 2.24) is 0 Å². The van der Waals surface area contributed by atoms with Gasteiger partial charge in [-0.05, 0) is 118 Å². The van der Waals surface area contributed by atoms with Crippen LogP contribution in [0.1, 0.15) is 94.6 Å². The molecule has 0 spiro atoms. The van der Waals surface area contributed by atoms with Gasteiger partial charge in [-0.2, -0.15) is 0 Å². The quantitative estimate of drug-likeness (QED) is 0.506. The van der Waals surface area contributed by atoms with Gasteiger partial charge in [0, 0.05) is 5.56 Å². The first-order valence-corrected chi connectivity index (χ1v) is 11.5. The first kappa shape index (κ1) is 19.4.